The molecule has 0 aliphatic heterocycles. The van der Waals surface area contributed by atoms with Crippen LogP contribution in [0.3, 0.4) is 0 Å². The minimum absolute atomic E-state index is 0.0714. The lowest BCUT2D eigenvalue weighted by Gasteiger charge is -2.09. The molecule has 0 aliphatic carbocycles. The summed E-state index contributed by atoms with van der Waals surface area (Å²) in [6.07, 6.45) is 1.52. The molecule has 0 spiro atoms. The topological polar surface area (TPSA) is 104 Å². The van der Waals surface area contributed by atoms with E-state index in [1.54, 1.807) is 6.92 Å². The molecule has 98 valence electrons. The van der Waals surface area contributed by atoms with Crippen molar-refractivity contribution in [1.29, 1.82) is 0 Å². The van der Waals surface area contributed by atoms with E-state index in [1.807, 2.05) is 0 Å². The van der Waals surface area contributed by atoms with E-state index in [-0.39, 0.29) is 23.3 Å². The number of nitro groups is 1. The van der Waals surface area contributed by atoms with Crippen molar-refractivity contribution < 1.29 is 9.66 Å². The molecule has 0 unspecified atom stereocenters. The van der Waals surface area contributed by atoms with Crippen LogP contribution in [-0.4, -0.2) is 14.9 Å². The highest BCUT2D eigenvalue weighted by Gasteiger charge is 2.13. The second-order valence-corrected chi connectivity index (χ2v) is 4.54. The molecular formula is C11H9BrN4O3. The van der Waals surface area contributed by atoms with Gasteiger partial charge in [0.1, 0.15) is 0 Å². The number of nitro benzene ring substituents is 1. The van der Waals surface area contributed by atoms with E-state index in [4.69, 9.17) is 10.5 Å². The largest absolute Gasteiger partial charge is 0.437 e. The van der Waals surface area contributed by atoms with Crippen LogP contribution in [0.25, 0.3) is 0 Å². The fraction of sp³-hybridized carbons (Fsp3) is 0.0909. The quantitative estimate of drug-likeness (QED) is 0.687. The first-order valence-corrected chi connectivity index (χ1v) is 5.97. The number of nitrogen functional groups attached to an aromatic ring is 1. The van der Waals surface area contributed by atoms with Gasteiger partial charge in [0, 0.05) is 17.8 Å². The van der Waals surface area contributed by atoms with E-state index < -0.39 is 4.92 Å². The van der Waals surface area contributed by atoms with Crippen LogP contribution in [0.4, 0.5) is 11.6 Å². The standard InChI is InChI=1S/C11H9BrN4O3/c1-6-5-14-11(13)15-10(6)19-9-4-7(16(17)18)2-3-8(9)12/h2-5H,1H3,(H2,13,14,15). The molecule has 1 aromatic carbocycles. The summed E-state index contributed by atoms with van der Waals surface area (Å²) in [5.41, 5.74) is 6.08. The van der Waals surface area contributed by atoms with E-state index in [9.17, 15) is 10.1 Å². The molecular weight excluding hydrogens is 316 g/mol. The van der Waals surface area contributed by atoms with Gasteiger partial charge in [-0.25, -0.2) is 4.98 Å². The number of hydrogen-bond acceptors (Lipinski definition) is 6. The number of rotatable bonds is 3. The SMILES string of the molecule is Cc1cnc(N)nc1Oc1cc([N+](=O)[O-])ccc1Br. The number of aromatic nitrogens is 2. The number of nitrogens with two attached hydrogens (primary N) is 1. The summed E-state index contributed by atoms with van der Waals surface area (Å²) in [7, 11) is 0. The second kappa shape index (κ2) is 5.19. The van der Waals surface area contributed by atoms with E-state index in [1.165, 1.54) is 24.4 Å². The molecule has 0 bridgehead atoms. The molecule has 2 aromatic rings. The van der Waals surface area contributed by atoms with Crippen molar-refractivity contribution in [2.24, 2.45) is 0 Å². The smallest absolute Gasteiger partial charge is 0.273 e. The molecule has 19 heavy (non-hydrogen) atoms. The highest BCUT2D eigenvalue weighted by atomic mass is 79.9. The average Bonchev–Trinajstić information content (AvgIpc) is 2.36. The Morgan fingerprint density at radius 3 is 2.89 bits per heavy atom. The zero-order valence-corrected chi connectivity index (χ0v) is 11.4. The zero-order chi connectivity index (χ0) is 14.0. The van der Waals surface area contributed by atoms with Gasteiger partial charge < -0.3 is 10.5 Å². The molecule has 0 radical (unpaired) electrons. The lowest BCUT2D eigenvalue weighted by Crippen LogP contribution is -1.99. The third kappa shape index (κ3) is 2.97. The van der Waals surface area contributed by atoms with Crippen LogP contribution in [0.2, 0.25) is 0 Å². The van der Waals surface area contributed by atoms with Crippen LogP contribution >= 0.6 is 15.9 Å². The Morgan fingerprint density at radius 1 is 1.47 bits per heavy atom. The van der Waals surface area contributed by atoms with Gasteiger partial charge in [-0.05, 0) is 28.9 Å². The molecule has 2 N–H and O–H groups in total. The summed E-state index contributed by atoms with van der Waals surface area (Å²) in [5.74, 6) is 0.617. The molecule has 1 heterocycles. The Hall–Kier alpha value is -2.22. The molecule has 0 fully saturated rings. The van der Waals surface area contributed by atoms with Crippen LogP contribution in [-0.2, 0) is 0 Å². The Kier molecular flexibility index (Phi) is 3.61. The molecule has 0 aliphatic rings. The summed E-state index contributed by atoms with van der Waals surface area (Å²) in [5, 5.41) is 10.7. The van der Waals surface area contributed by atoms with Gasteiger partial charge in [0.15, 0.2) is 5.75 Å². The van der Waals surface area contributed by atoms with Gasteiger partial charge in [-0.1, -0.05) is 0 Å². The average molecular weight is 325 g/mol. The van der Waals surface area contributed by atoms with Crippen LogP contribution in [0, 0.1) is 17.0 Å². The van der Waals surface area contributed by atoms with Gasteiger partial charge in [0.05, 0.1) is 15.5 Å². The number of nitrogens with zero attached hydrogens (tertiary/aromatic N) is 3. The highest BCUT2D eigenvalue weighted by Crippen LogP contribution is 2.33. The van der Waals surface area contributed by atoms with Crippen molar-refractivity contribution in [3.63, 3.8) is 0 Å². The number of hydrogen-bond donors (Lipinski definition) is 1. The first-order chi connectivity index (χ1) is 8.97. The number of anilines is 1. The Morgan fingerprint density at radius 2 is 2.21 bits per heavy atom. The maximum atomic E-state index is 10.7. The van der Waals surface area contributed by atoms with Gasteiger partial charge in [0.2, 0.25) is 11.8 Å². The fourth-order valence-corrected chi connectivity index (χ4v) is 1.66. The summed E-state index contributed by atoms with van der Waals surface area (Å²) < 4.78 is 6.11. The minimum atomic E-state index is -0.500. The molecule has 0 amide bonds. The van der Waals surface area contributed by atoms with Crippen molar-refractivity contribution in [3.8, 4) is 11.6 Å². The summed E-state index contributed by atoms with van der Waals surface area (Å²) in [4.78, 5) is 18.0. The van der Waals surface area contributed by atoms with Crippen molar-refractivity contribution in [3.05, 3.63) is 44.5 Å². The lowest BCUT2D eigenvalue weighted by atomic mass is 10.3. The maximum absolute atomic E-state index is 10.7. The number of non-ortho nitro benzene ring substituents is 1. The van der Waals surface area contributed by atoms with Crippen LogP contribution < -0.4 is 10.5 Å². The van der Waals surface area contributed by atoms with Crippen molar-refractivity contribution in [1.82, 2.24) is 9.97 Å². The van der Waals surface area contributed by atoms with Crippen molar-refractivity contribution >= 4 is 27.6 Å². The summed E-state index contributed by atoms with van der Waals surface area (Å²) >= 11 is 3.26. The van der Waals surface area contributed by atoms with E-state index >= 15 is 0 Å². The number of aryl methyl sites for hydroxylation is 1. The molecule has 2 rings (SSSR count). The summed E-state index contributed by atoms with van der Waals surface area (Å²) in [6, 6.07) is 4.22. The Balaban J connectivity index is 2.40. The fourth-order valence-electron chi connectivity index (χ4n) is 1.33. The van der Waals surface area contributed by atoms with Crippen LogP contribution in [0.5, 0.6) is 11.6 Å². The maximum Gasteiger partial charge on any atom is 0.273 e. The van der Waals surface area contributed by atoms with Gasteiger partial charge >= 0.3 is 0 Å². The van der Waals surface area contributed by atoms with E-state index in [0.29, 0.717) is 10.0 Å². The van der Waals surface area contributed by atoms with Crippen molar-refractivity contribution in [2.45, 2.75) is 6.92 Å². The third-order valence-electron chi connectivity index (χ3n) is 2.28. The molecule has 1 aromatic heterocycles. The minimum Gasteiger partial charge on any atom is -0.437 e. The zero-order valence-electron chi connectivity index (χ0n) is 9.83. The monoisotopic (exact) mass is 324 g/mol. The molecule has 0 saturated heterocycles. The Labute approximate surface area is 116 Å². The molecule has 0 atom stereocenters. The normalized spacial score (nSPS) is 10.2. The highest BCUT2D eigenvalue weighted by molar-refractivity contribution is 9.10. The van der Waals surface area contributed by atoms with Crippen LogP contribution in [0.1, 0.15) is 5.56 Å². The third-order valence-corrected chi connectivity index (χ3v) is 2.93. The first kappa shape index (κ1) is 13.2. The lowest BCUT2D eigenvalue weighted by molar-refractivity contribution is -0.384. The van der Waals surface area contributed by atoms with Crippen molar-refractivity contribution in [2.75, 3.05) is 5.73 Å². The van der Waals surface area contributed by atoms with Gasteiger partial charge in [-0.2, -0.15) is 4.98 Å². The molecule has 8 heteroatoms. The van der Waals surface area contributed by atoms with E-state index in [2.05, 4.69) is 25.9 Å². The van der Waals surface area contributed by atoms with Crippen LogP contribution in [0.15, 0.2) is 28.9 Å². The predicted molar refractivity (Wildman–Crippen MR) is 72.1 cm³/mol. The first-order valence-electron chi connectivity index (χ1n) is 5.18. The number of benzene rings is 1. The van der Waals surface area contributed by atoms with E-state index in [0.717, 1.165) is 0 Å². The second-order valence-electron chi connectivity index (χ2n) is 3.69. The summed E-state index contributed by atoms with van der Waals surface area (Å²) in [6.45, 7) is 1.75. The van der Waals surface area contributed by atoms with Gasteiger partial charge in [-0.15, -0.1) is 0 Å². The number of ether oxygens (including phenoxy) is 1. The number of halogens is 1. The Bertz CT molecular complexity index is 648. The van der Waals surface area contributed by atoms with Gasteiger partial charge in [-0.3, -0.25) is 10.1 Å². The molecule has 0 saturated carbocycles. The van der Waals surface area contributed by atoms with Gasteiger partial charge in [0.25, 0.3) is 5.69 Å². The predicted octanol–water partition coefficient (Wildman–Crippen LogP) is 2.83. The molecule has 7 nitrogen and oxygen atoms in total.